The first-order chi connectivity index (χ1) is 9.36. The Hall–Kier alpha value is -2.02. The van der Waals surface area contributed by atoms with Gasteiger partial charge < -0.3 is 10.1 Å². The van der Waals surface area contributed by atoms with Crippen molar-refractivity contribution in [3.8, 4) is 6.07 Å². The number of benzene rings is 1. The molecule has 0 spiro atoms. The molecular formula is C15H19N3O. The van der Waals surface area contributed by atoms with E-state index in [1.165, 1.54) is 0 Å². The number of oxime groups is 1. The van der Waals surface area contributed by atoms with Gasteiger partial charge in [0.15, 0.2) is 0 Å². The van der Waals surface area contributed by atoms with E-state index in [1.54, 1.807) is 0 Å². The highest BCUT2D eigenvalue weighted by Crippen LogP contribution is 2.26. The minimum Gasteiger partial charge on any atom is -0.411 e. The Morgan fingerprint density at radius 3 is 2.95 bits per heavy atom. The van der Waals surface area contributed by atoms with E-state index in [-0.39, 0.29) is 0 Å². The zero-order valence-corrected chi connectivity index (χ0v) is 11.0. The molecule has 0 fully saturated rings. The highest BCUT2D eigenvalue weighted by atomic mass is 16.4. The fourth-order valence-electron chi connectivity index (χ4n) is 2.53. The summed E-state index contributed by atoms with van der Waals surface area (Å²) in [6.07, 6.45) is 4.39. The maximum atomic E-state index is 9.13. The predicted octanol–water partition coefficient (Wildman–Crippen LogP) is 3.16. The first-order valence-corrected chi connectivity index (χ1v) is 6.79. The van der Waals surface area contributed by atoms with E-state index in [2.05, 4.69) is 22.2 Å². The third kappa shape index (κ3) is 3.25. The van der Waals surface area contributed by atoms with Crippen molar-refractivity contribution in [1.29, 1.82) is 5.26 Å². The smallest absolute Gasteiger partial charge is 0.0889 e. The highest BCUT2D eigenvalue weighted by molar-refractivity contribution is 6.05. The number of rotatable bonds is 4. The van der Waals surface area contributed by atoms with Crippen molar-refractivity contribution < 1.29 is 5.21 Å². The average molecular weight is 257 g/mol. The van der Waals surface area contributed by atoms with Crippen LogP contribution in [0.4, 0.5) is 5.69 Å². The Labute approximate surface area is 114 Å². The normalized spacial score (nSPS) is 16.8. The van der Waals surface area contributed by atoms with Crippen LogP contribution < -0.4 is 4.90 Å². The van der Waals surface area contributed by atoms with Crippen LogP contribution in [0, 0.1) is 11.3 Å². The van der Waals surface area contributed by atoms with Crippen molar-refractivity contribution in [2.24, 2.45) is 5.16 Å². The van der Waals surface area contributed by atoms with Gasteiger partial charge in [-0.2, -0.15) is 5.26 Å². The fourth-order valence-corrected chi connectivity index (χ4v) is 2.53. The quantitative estimate of drug-likeness (QED) is 0.512. The number of fused-ring (bicyclic) bond motifs is 1. The largest absolute Gasteiger partial charge is 0.411 e. The first-order valence-electron chi connectivity index (χ1n) is 6.79. The second-order valence-corrected chi connectivity index (χ2v) is 4.77. The number of para-hydroxylation sites is 1. The van der Waals surface area contributed by atoms with Gasteiger partial charge in [-0.3, -0.25) is 0 Å². The third-order valence-corrected chi connectivity index (χ3v) is 3.48. The lowest BCUT2D eigenvalue weighted by Crippen LogP contribution is -2.25. The highest BCUT2D eigenvalue weighted by Gasteiger charge is 2.18. The molecule has 100 valence electrons. The second kappa shape index (κ2) is 6.79. The zero-order valence-electron chi connectivity index (χ0n) is 11.0. The number of nitrogens with zero attached hydrogens (tertiary/aromatic N) is 3. The Morgan fingerprint density at radius 1 is 1.32 bits per heavy atom. The number of anilines is 1. The van der Waals surface area contributed by atoms with Crippen molar-refractivity contribution in [2.75, 3.05) is 18.0 Å². The standard InChI is InChI=1S/C15H19N3O/c16-10-4-1-5-11-18-12-6-8-14(17-19)13-7-2-3-9-15(13)18/h2-3,7,9,19H,1,4-6,8,11-12H2/b17-14-. The molecule has 0 saturated heterocycles. The first kappa shape index (κ1) is 13.4. The van der Waals surface area contributed by atoms with Crippen molar-refractivity contribution in [2.45, 2.75) is 32.1 Å². The van der Waals surface area contributed by atoms with Crippen LogP contribution in [0.2, 0.25) is 0 Å². The topological polar surface area (TPSA) is 59.6 Å². The molecule has 1 aromatic carbocycles. The van der Waals surface area contributed by atoms with Crippen LogP contribution in [-0.2, 0) is 0 Å². The van der Waals surface area contributed by atoms with Crippen LogP contribution in [-0.4, -0.2) is 24.0 Å². The molecule has 2 rings (SSSR count). The van der Waals surface area contributed by atoms with Gasteiger partial charge in [0.2, 0.25) is 0 Å². The molecule has 4 nitrogen and oxygen atoms in total. The molecule has 1 heterocycles. The van der Waals surface area contributed by atoms with Crippen molar-refractivity contribution >= 4 is 11.4 Å². The second-order valence-electron chi connectivity index (χ2n) is 4.77. The van der Waals surface area contributed by atoms with Gasteiger partial charge in [0.05, 0.1) is 11.8 Å². The summed E-state index contributed by atoms with van der Waals surface area (Å²) in [6.45, 7) is 1.93. The minimum absolute atomic E-state index is 0.624. The SMILES string of the molecule is N#CCCCCN1CCC/C(=N/O)c2ccccc21. The molecule has 0 unspecified atom stereocenters. The van der Waals surface area contributed by atoms with Crippen molar-refractivity contribution in [3.63, 3.8) is 0 Å². The Bertz CT molecular complexity index is 490. The summed E-state index contributed by atoms with van der Waals surface area (Å²) in [5.41, 5.74) is 2.95. The molecule has 4 heteroatoms. The number of hydrogen-bond donors (Lipinski definition) is 1. The van der Waals surface area contributed by atoms with Crippen LogP contribution in [0.3, 0.4) is 0 Å². The lowest BCUT2D eigenvalue weighted by molar-refractivity contribution is 0.318. The van der Waals surface area contributed by atoms with Crippen LogP contribution in [0.1, 0.15) is 37.7 Å². The molecule has 1 aliphatic rings. The molecule has 1 N–H and O–H groups in total. The Kier molecular flexibility index (Phi) is 4.79. The zero-order chi connectivity index (χ0) is 13.5. The van der Waals surface area contributed by atoms with E-state index in [0.29, 0.717) is 6.42 Å². The van der Waals surface area contributed by atoms with Gasteiger partial charge in [0.1, 0.15) is 0 Å². The van der Waals surface area contributed by atoms with Gasteiger partial charge in [-0.15, -0.1) is 0 Å². The van der Waals surface area contributed by atoms with E-state index in [9.17, 15) is 0 Å². The van der Waals surface area contributed by atoms with Gasteiger partial charge >= 0.3 is 0 Å². The monoisotopic (exact) mass is 257 g/mol. The molecule has 0 amide bonds. The van der Waals surface area contributed by atoms with Gasteiger partial charge in [0.25, 0.3) is 0 Å². The molecular weight excluding hydrogens is 238 g/mol. The van der Waals surface area contributed by atoms with Gasteiger partial charge in [-0.05, 0) is 31.7 Å². The van der Waals surface area contributed by atoms with Crippen LogP contribution >= 0.6 is 0 Å². The summed E-state index contributed by atoms with van der Waals surface area (Å²) in [7, 11) is 0. The van der Waals surface area contributed by atoms with Crippen LogP contribution in [0.25, 0.3) is 0 Å². The summed E-state index contributed by atoms with van der Waals surface area (Å²) in [4.78, 5) is 2.34. The molecule has 0 atom stereocenters. The molecule has 1 aliphatic heterocycles. The molecule has 0 saturated carbocycles. The number of unbranched alkanes of at least 4 members (excludes halogenated alkanes) is 2. The Balaban J connectivity index is 2.14. The van der Waals surface area contributed by atoms with Crippen molar-refractivity contribution in [3.05, 3.63) is 29.8 Å². The van der Waals surface area contributed by atoms with Crippen LogP contribution in [0.5, 0.6) is 0 Å². The van der Waals surface area contributed by atoms with Gasteiger partial charge in [0, 0.05) is 30.8 Å². The molecule has 0 aliphatic carbocycles. The van der Waals surface area contributed by atoms with E-state index < -0.39 is 0 Å². The lowest BCUT2D eigenvalue weighted by Gasteiger charge is -2.24. The summed E-state index contributed by atoms with van der Waals surface area (Å²) in [6, 6.07) is 10.3. The van der Waals surface area contributed by atoms with E-state index in [1.807, 2.05) is 18.2 Å². The lowest BCUT2D eigenvalue weighted by atomic mass is 10.1. The number of hydrogen-bond acceptors (Lipinski definition) is 4. The third-order valence-electron chi connectivity index (χ3n) is 3.48. The maximum Gasteiger partial charge on any atom is 0.0889 e. The van der Waals surface area contributed by atoms with E-state index >= 15 is 0 Å². The molecule has 19 heavy (non-hydrogen) atoms. The Morgan fingerprint density at radius 2 is 2.16 bits per heavy atom. The maximum absolute atomic E-state index is 9.13. The summed E-state index contributed by atoms with van der Waals surface area (Å²) in [5.74, 6) is 0. The van der Waals surface area contributed by atoms with E-state index in [4.69, 9.17) is 10.5 Å². The van der Waals surface area contributed by atoms with E-state index in [0.717, 1.165) is 55.7 Å². The summed E-state index contributed by atoms with van der Waals surface area (Å²) >= 11 is 0. The van der Waals surface area contributed by atoms with Crippen molar-refractivity contribution in [1.82, 2.24) is 0 Å². The number of nitriles is 1. The molecule has 0 bridgehead atoms. The molecule has 0 radical (unpaired) electrons. The van der Waals surface area contributed by atoms with Gasteiger partial charge in [-0.1, -0.05) is 23.4 Å². The van der Waals surface area contributed by atoms with Crippen LogP contribution in [0.15, 0.2) is 29.4 Å². The average Bonchev–Trinajstić information content (AvgIpc) is 2.63. The minimum atomic E-state index is 0.624. The van der Waals surface area contributed by atoms with Gasteiger partial charge in [-0.25, -0.2) is 0 Å². The fraction of sp³-hybridized carbons (Fsp3) is 0.467. The summed E-state index contributed by atoms with van der Waals surface area (Å²) in [5, 5.41) is 21.1. The summed E-state index contributed by atoms with van der Waals surface area (Å²) < 4.78 is 0. The predicted molar refractivity (Wildman–Crippen MR) is 75.7 cm³/mol. The molecule has 1 aromatic rings. The molecule has 0 aromatic heterocycles.